The largest absolute Gasteiger partial charge is 0.496 e. The van der Waals surface area contributed by atoms with Crippen LogP contribution in [0.25, 0.3) is 17.0 Å². The third-order valence-corrected chi connectivity index (χ3v) is 4.85. The van der Waals surface area contributed by atoms with Gasteiger partial charge in [-0.15, -0.1) is 5.10 Å². The molecular formula is C22H23N5O4. The number of nitrogens with zero attached hydrogens (tertiary/aromatic N) is 4. The molecule has 0 unspecified atom stereocenters. The van der Waals surface area contributed by atoms with Crippen molar-refractivity contribution in [3.8, 4) is 28.6 Å². The Morgan fingerprint density at radius 3 is 2.48 bits per heavy atom. The Labute approximate surface area is 179 Å². The lowest BCUT2D eigenvalue weighted by molar-refractivity contribution is 0.282. The molecule has 9 nitrogen and oxygen atoms in total. The van der Waals surface area contributed by atoms with E-state index in [-0.39, 0.29) is 6.61 Å². The van der Waals surface area contributed by atoms with E-state index in [2.05, 4.69) is 20.4 Å². The maximum Gasteiger partial charge on any atom is 0.226 e. The Bertz CT molecular complexity index is 1210. The molecule has 2 aromatic heterocycles. The van der Waals surface area contributed by atoms with Crippen molar-refractivity contribution < 1.29 is 19.3 Å². The van der Waals surface area contributed by atoms with Crippen LogP contribution in [0.4, 0.5) is 5.95 Å². The number of rotatable bonds is 8. The summed E-state index contributed by atoms with van der Waals surface area (Å²) >= 11 is 0. The van der Waals surface area contributed by atoms with Crippen molar-refractivity contribution >= 4 is 11.6 Å². The number of fused-ring (bicyclic) bond motifs is 1. The molecule has 31 heavy (non-hydrogen) atoms. The summed E-state index contributed by atoms with van der Waals surface area (Å²) in [5.41, 5.74) is 2.82. The van der Waals surface area contributed by atoms with Gasteiger partial charge in [0.15, 0.2) is 23.0 Å². The van der Waals surface area contributed by atoms with Gasteiger partial charge in [-0.05, 0) is 29.8 Å². The van der Waals surface area contributed by atoms with E-state index in [1.807, 2.05) is 42.5 Å². The van der Waals surface area contributed by atoms with Gasteiger partial charge >= 0.3 is 0 Å². The Morgan fingerprint density at radius 2 is 1.74 bits per heavy atom. The van der Waals surface area contributed by atoms with Crippen LogP contribution in [0.1, 0.15) is 11.1 Å². The summed E-state index contributed by atoms with van der Waals surface area (Å²) in [5, 5.41) is 17.6. The number of aliphatic hydroxyl groups is 1. The third-order valence-electron chi connectivity index (χ3n) is 4.85. The van der Waals surface area contributed by atoms with Crippen LogP contribution < -0.4 is 19.5 Å². The molecule has 0 atom stereocenters. The standard InChI is InChI=1S/C22H23N5O4/c1-29-17-7-5-4-6-16(17)20-25-21-15(13-28)12-24-22(27(21)26-20)23-11-14-8-9-18(30-2)19(10-14)31-3/h4-10,12,28H,11,13H2,1-3H3,(H,23,24). The van der Waals surface area contributed by atoms with Gasteiger partial charge in [0.05, 0.1) is 33.5 Å². The van der Waals surface area contributed by atoms with E-state index in [4.69, 9.17) is 14.2 Å². The van der Waals surface area contributed by atoms with Crippen LogP contribution in [0.5, 0.6) is 17.2 Å². The zero-order valence-corrected chi connectivity index (χ0v) is 17.5. The molecule has 2 N–H and O–H groups in total. The lowest BCUT2D eigenvalue weighted by Crippen LogP contribution is -2.09. The van der Waals surface area contributed by atoms with Crippen molar-refractivity contribution in [1.82, 2.24) is 19.6 Å². The van der Waals surface area contributed by atoms with Gasteiger partial charge in [-0.3, -0.25) is 0 Å². The third kappa shape index (κ3) is 3.95. The average Bonchev–Trinajstić information content (AvgIpc) is 3.27. The first kappa shape index (κ1) is 20.4. The van der Waals surface area contributed by atoms with Crippen LogP contribution in [0.2, 0.25) is 0 Å². The fraction of sp³-hybridized carbons (Fsp3) is 0.227. The summed E-state index contributed by atoms with van der Waals surface area (Å²) in [6.45, 7) is 0.279. The molecule has 0 aliphatic heterocycles. The maximum atomic E-state index is 9.73. The molecule has 2 heterocycles. The van der Waals surface area contributed by atoms with Crippen LogP contribution >= 0.6 is 0 Å². The second-order valence-electron chi connectivity index (χ2n) is 6.68. The number of anilines is 1. The van der Waals surface area contributed by atoms with Gasteiger partial charge < -0.3 is 24.6 Å². The minimum Gasteiger partial charge on any atom is -0.496 e. The molecule has 0 saturated heterocycles. The molecule has 160 valence electrons. The number of aromatic nitrogens is 4. The molecular weight excluding hydrogens is 398 g/mol. The van der Waals surface area contributed by atoms with Crippen LogP contribution in [-0.4, -0.2) is 46.0 Å². The van der Waals surface area contributed by atoms with Crippen LogP contribution in [0.15, 0.2) is 48.7 Å². The molecule has 0 bridgehead atoms. The van der Waals surface area contributed by atoms with E-state index >= 15 is 0 Å². The Morgan fingerprint density at radius 1 is 0.968 bits per heavy atom. The lowest BCUT2D eigenvalue weighted by atomic mass is 10.2. The second kappa shape index (κ2) is 8.88. The number of aliphatic hydroxyl groups excluding tert-OH is 1. The highest BCUT2D eigenvalue weighted by atomic mass is 16.5. The van der Waals surface area contributed by atoms with Crippen molar-refractivity contribution in [2.75, 3.05) is 26.6 Å². The molecule has 0 saturated carbocycles. The quantitative estimate of drug-likeness (QED) is 0.448. The van der Waals surface area contributed by atoms with E-state index in [1.165, 1.54) is 0 Å². The number of ether oxygens (including phenoxy) is 3. The van der Waals surface area contributed by atoms with Crippen molar-refractivity contribution in [3.05, 3.63) is 59.8 Å². The highest BCUT2D eigenvalue weighted by Crippen LogP contribution is 2.29. The first-order valence-corrected chi connectivity index (χ1v) is 9.62. The first-order valence-electron chi connectivity index (χ1n) is 9.62. The van der Waals surface area contributed by atoms with Gasteiger partial charge in [0.25, 0.3) is 0 Å². The number of benzene rings is 2. The topological polar surface area (TPSA) is 103 Å². The SMILES string of the molecule is COc1ccc(CNc2ncc(CO)c3nc(-c4ccccc4OC)nn23)cc1OC. The van der Waals surface area contributed by atoms with E-state index in [1.54, 1.807) is 32.0 Å². The number of hydrogen-bond donors (Lipinski definition) is 2. The van der Waals surface area contributed by atoms with E-state index in [9.17, 15) is 5.11 Å². The predicted octanol–water partition coefficient (Wildman–Crippen LogP) is 2.92. The van der Waals surface area contributed by atoms with Gasteiger partial charge in [0, 0.05) is 18.3 Å². The summed E-state index contributed by atoms with van der Waals surface area (Å²) in [6.07, 6.45) is 1.59. The summed E-state index contributed by atoms with van der Waals surface area (Å²) < 4.78 is 17.7. The summed E-state index contributed by atoms with van der Waals surface area (Å²) in [7, 11) is 4.80. The van der Waals surface area contributed by atoms with Crippen LogP contribution in [-0.2, 0) is 13.2 Å². The van der Waals surface area contributed by atoms with Crippen molar-refractivity contribution in [1.29, 1.82) is 0 Å². The summed E-state index contributed by atoms with van der Waals surface area (Å²) in [4.78, 5) is 9.04. The maximum absolute atomic E-state index is 9.73. The predicted molar refractivity (Wildman–Crippen MR) is 116 cm³/mol. The normalized spacial score (nSPS) is 10.8. The van der Waals surface area contributed by atoms with Gasteiger partial charge in [0.1, 0.15) is 5.75 Å². The van der Waals surface area contributed by atoms with Gasteiger partial charge in [-0.25, -0.2) is 9.97 Å². The molecule has 4 aromatic rings. The molecule has 4 rings (SSSR count). The van der Waals surface area contributed by atoms with Gasteiger partial charge in [-0.2, -0.15) is 4.52 Å². The van der Waals surface area contributed by atoms with Crippen molar-refractivity contribution in [2.24, 2.45) is 0 Å². The molecule has 0 aliphatic rings. The van der Waals surface area contributed by atoms with Gasteiger partial charge in [0.2, 0.25) is 5.95 Å². The highest BCUT2D eigenvalue weighted by molar-refractivity contribution is 5.67. The highest BCUT2D eigenvalue weighted by Gasteiger charge is 2.16. The molecule has 9 heteroatoms. The summed E-state index contributed by atoms with van der Waals surface area (Å²) in [5.74, 6) is 2.95. The molecule has 0 amide bonds. The Kier molecular flexibility index (Phi) is 5.85. The minimum absolute atomic E-state index is 0.198. The number of hydrogen-bond acceptors (Lipinski definition) is 8. The molecule has 0 spiro atoms. The monoisotopic (exact) mass is 421 g/mol. The minimum atomic E-state index is -0.198. The first-order chi connectivity index (χ1) is 15.2. The zero-order chi connectivity index (χ0) is 21.8. The zero-order valence-electron chi connectivity index (χ0n) is 17.5. The summed E-state index contributed by atoms with van der Waals surface area (Å²) in [6, 6.07) is 13.2. The number of para-hydroxylation sites is 1. The Hall–Kier alpha value is -3.85. The fourth-order valence-corrected chi connectivity index (χ4v) is 3.27. The van der Waals surface area contributed by atoms with Crippen molar-refractivity contribution in [2.45, 2.75) is 13.2 Å². The van der Waals surface area contributed by atoms with E-state index in [0.717, 1.165) is 11.1 Å². The molecule has 0 fully saturated rings. The molecule has 0 radical (unpaired) electrons. The smallest absolute Gasteiger partial charge is 0.226 e. The number of methoxy groups -OCH3 is 3. The van der Waals surface area contributed by atoms with Crippen LogP contribution in [0, 0.1) is 0 Å². The van der Waals surface area contributed by atoms with Crippen molar-refractivity contribution in [3.63, 3.8) is 0 Å². The molecule has 0 aliphatic carbocycles. The lowest BCUT2D eigenvalue weighted by Gasteiger charge is -2.11. The molecule has 2 aromatic carbocycles. The van der Waals surface area contributed by atoms with Crippen LogP contribution in [0.3, 0.4) is 0 Å². The fourth-order valence-electron chi connectivity index (χ4n) is 3.27. The number of nitrogens with one attached hydrogen (secondary N) is 1. The Balaban J connectivity index is 1.69. The van der Waals surface area contributed by atoms with E-state index < -0.39 is 0 Å². The second-order valence-corrected chi connectivity index (χ2v) is 6.68. The average molecular weight is 421 g/mol. The van der Waals surface area contributed by atoms with Gasteiger partial charge in [-0.1, -0.05) is 18.2 Å². The van der Waals surface area contributed by atoms with E-state index in [0.29, 0.717) is 46.8 Å².